The first-order chi connectivity index (χ1) is 7.05. The zero-order chi connectivity index (χ0) is 10.9. The molecule has 3 heteroatoms. The largest absolute Gasteiger partial charge is 0.390 e. The van der Waals surface area contributed by atoms with E-state index >= 15 is 0 Å². The molecule has 0 aliphatic heterocycles. The summed E-state index contributed by atoms with van der Waals surface area (Å²) in [5.74, 6) is 0.750. The predicted molar refractivity (Wildman–Crippen MR) is 63.1 cm³/mol. The summed E-state index contributed by atoms with van der Waals surface area (Å²) in [6.07, 6.45) is 5.58. The maximum atomic E-state index is 10.3. The molecule has 0 radical (unpaired) electrons. The van der Waals surface area contributed by atoms with Crippen LogP contribution >= 0.6 is 11.3 Å². The quantitative estimate of drug-likeness (QED) is 0.854. The van der Waals surface area contributed by atoms with Crippen molar-refractivity contribution in [3.8, 4) is 0 Å². The summed E-state index contributed by atoms with van der Waals surface area (Å²) in [6.45, 7) is 3.95. The van der Waals surface area contributed by atoms with Gasteiger partial charge in [-0.2, -0.15) is 0 Å². The van der Waals surface area contributed by atoms with E-state index in [-0.39, 0.29) is 0 Å². The summed E-state index contributed by atoms with van der Waals surface area (Å²) in [6, 6.07) is 0. The maximum absolute atomic E-state index is 10.3. The normalized spacial score (nSPS) is 21.0. The van der Waals surface area contributed by atoms with Crippen LogP contribution in [0.3, 0.4) is 0 Å². The third kappa shape index (κ3) is 3.02. The number of aromatic nitrogens is 1. The Labute approximate surface area is 95.4 Å². The van der Waals surface area contributed by atoms with Gasteiger partial charge in [-0.1, -0.05) is 19.3 Å². The molecule has 84 valence electrons. The van der Waals surface area contributed by atoms with Gasteiger partial charge in [-0.15, -0.1) is 11.3 Å². The van der Waals surface area contributed by atoms with Gasteiger partial charge in [0.2, 0.25) is 0 Å². The van der Waals surface area contributed by atoms with E-state index in [0.29, 0.717) is 6.42 Å². The lowest BCUT2D eigenvalue weighted by Crippen LogP contribution is -2.32. The lowest BCUT2D eigenvalue weighted by atomic mass is 9.77. The van der Waals surface area contributed by atoms with Gasteiger partial charge in [-0.3, -0.25) is 0 Å². The molecule has 1 aromatic heterocycles. The molecule has 2 rings (SSSR count). The molecule has 1 unspecified atom stereocenters. The Morgan fingerprint density at radius 3 is 2.80 bits per heavy atom. The van der Waals surface area contributed by atoms with E-state index in [1.54, 1.807) is 11.3 Å². The van der Waals surface area contributed by atoms with Gasteiger partial charge in [0, 0.05) is 11.8 Å². The van der Waals surface area contributed by atoms with Gasteiger partial charge in [0.05, 0.1) is 16.3 Å². The second kappa shape index (κ2) is 4.22. The zero-order valence-corrected chi connectivity index (χ0v) is 10.3. The van der Waals surface area contributed by atoms with Crippen LogP contribution in [0.2, 0.25) is 0 Å². The van der Waals surface area contributed by atoms with Gasteiger partial charge < -0.3 is 5.11 Å². The number of aliphatic hydroxyl groups is 1. The summed E-state index contributed by atoms with van der Waals surface area (Å²) in [4.78, 5) is 4.41. The third-order valence-electron chi connectivity index (χ3n) is 3.18. The molecule has 1 aliphatic carbocycles. The van der Waals surface area contributed by atoms with Gasteiger partial charge in [-0.05, 0) is 26.2 Å². The van der Waals surface area contributed by atoms with Crippen molar-refractivity contribution in [1.82, 2.24) is 4.98 Å². The summed E-state index contributed by atoms with van der Waals surface area (Å²) >= 11 is 1.66. The zero-order valence-electron chi connectivity index (χ0n) is 9.49. The summed E-state index contributed by atoms with van der Waals surface area (Å²) in [5.41, 5.74) is 0.479. The minimum absolute atomic E-state index is 0.564. The average Bonchev–Trinajstić information content (AvgIpc) is 2.43. The minimum atomic E-state index is -0.564. The van der Waals surface area contributed by atoms with Crippen molar-refractivity contribution in [2.75, 3.05) is 0 Å². The fourth-order valence-corrected chi connectivity index (χ4v) is 2.88. The monoisotopic (exact) mass is 225 g/mol. The Hall–Kier alpha value is -0.410. The van der Waals surface area contributed by atoms with E-state index in [4.69, 9.17) is 0 Å². The highest BCUT2D eigenvalue weighted by Crippen LogP contribution is 2.34. The number of rotatable bonds is 4. The molecule has 1 aliphatic rings. The van der Waals surface area contributed by atoms with E-state index < -0.39 is 5.60 Å². The first kappa shape index (κ1) is 11.1. The summed E-state index contributed by atoms with van der Waals surface area (Å²) in [5, 5.41) is 13.4. The molecule has 0 spiro atoms. The Morgan fingerprint density at radius 2 is 2.33 bits per heavy atom. The standard InChI is InChI=1S/C12H19NOS/c1-9-13-11(8-15-9)7-12(2,14)6-10-4-3-5-10/h8,10,14H,3-7H2,1-2H3. The molecule has 1 aromatic rings. The maximum Gasteiger partial charge on any atom is 0.0897 e. The SMILES string of the molecule is Cc1nc(CC(C)(O)CC2CCC2)cs1. The summed E-state index contributed by atoms with van der Waals surface area (Å²) in [7, 11) is 0. The van der Waals surface area contributed by atoms with Gasteiger partial charge in [0.25, 0.3) is 0 Å². The van der Waals surface area contributed by atoms with Crippen molar-refractivity contribution >= 4 is 11.3 Å². The number of thiazole rings is 1. The van der Waals surface area contributed by atoms with E-state index in [9.17, 15) is 5.11 Å². The van der Waals surface area contributed by atoms with Crippen molar-refractivity contribution in [3.05, 3.63) is 16.1 Å². The molecule has 1 fully saturated rings. The van der Waals surface area contributed by atoms with E-state index in [0.717, 1.165) is 23.0 Å². The Kier molecular flexibility index (Phi) is 3.12. The van der Waals surface area contributed by atoms with E-state index in [1.807, 2.05) is 13.8 Å². The van der Waals surface area contributed by atoms with Crippen molar-refractivity contribution in [2.24, 2.45) is 5.92 Å². The second-order valence-electron chi connectivity index (χ2n) is 5.03. The lowest BCUT2D eigenvalue weighted by molar-refractivity contribution is 0.0197. The molecule has 0 aromatic carbocycles. The van der Waals surface area contributed by atoms with Gasteiger partial charge in [0.15, 0.2) is 0 Å². The van der Waals surface area contributed by atoms with Crippen LogP contribution in [0.5, 0.6) is 0 Å². The first-order valence-electron chi connectivity index (χ1n) is 5.68. The highest BCUT2D eigenvalue weighted by molar-refractivity contribution is 7.09. The van der Waals surface area contributed by atoms with Gasteiger partial charge in [-0.25, -0.2) is 4.98 Å². The van der Waals surface area contributed by atoms with Crippen LogP contribution in [0, 0.1) is 12.8 Å². The first-order valence-corrected chi connectivity index (χ1v) is 6.56. The average molecular weight is 225 g/mol. The van der Waals surface area contributed by atoms with E-state index in [1.165, 1.54) is 19.3 Å². The lowest BCUT2D eigenvalue weighted by Gasteiger charge is -2.33. The molecule has 1 heterocycles. The van der Waals surface area contributed by atoms with Crippen LogP contribution in [0.1, 0.15) is 43.3 Å². The van der Waals surface area contributed by atoms with Crippen molar-refractivity contribution in [3.63, 3.8) is 0 Å². The van der Waals surface area contributed by atoms with Crippen LogP contribution in [0.4, 0.5) is 0 Å². The Morgan fingerprint density at radius 1 is 1.60 bits per heavy atom. The molecule has 0 bridgehead atoms. The number of hydrogen-bond acceptors (Lipinski definition) is 3. The van der Waals surface area contributed by atoms with Gasteiger partial charge >= 0.3 is 0 Å². The van der Waals surface area contributed by atoms with Crippen LogP contribution < -0.4 is 0 Å². The summed E-state index contributed by atoms with van der Waals surface area (Å²) < 4.78 is 0. The second-order valence-corrected chi connectivity index (χ2v) is 6.09. The Balaban J connectivity index is 1.90. The molecular formula is C12H19NOS. The van der Waals surface area contributed by atoms with Crippen molar-refractivity contribution < 1.29 is 5.11 Å². The van der Waals surface area contributed by atoms with Crippen LogP contribution in [-0.2, 0) is 6.42 Å². The van der Waals surface area contributed by atoms with Crippen molar-refractivity contribution in [1.29, 1.82) is 0 Å². The molecule has 1 saturated carbocycles. The molecular weight excluding hydrogens is 206 g/mol. The molecule has 15 heavy (non-hydrogen) atoms. The number of aryl methyl sites for hydroxylation is 1. The Bertz CT molecular complexity index is 328. The topological polar surface area (TPSA) is 33.1 Å². The van der Waals surface area contributed by atoms with Crippen LogP contribution in [0.15, 0.2) is 5.38 Å². The van der Waals surface area contributed by atoms with Crippen LogP contribution in [-0.4, -0.2) is 15.7 Å². The smallest absolute Gasteiger partial charge is 0.0897 e. The highest BCUT2D eigenvalue weighted by atomic mass is 32.1. The van der Waals surface area contributed by atoms with Gasteiger partial charge in [0.1, 0.15) is 0 Å². The predicted octanol–water partition coefficient (Wildman–Crippen LogP) is 2.94. The van der Waals surface area contributed by atoms with Crippen LogP contribution in [0.25, 0.3) is 0 Å². The fraction of sp³-hybridized carbons (Fsp3) is 0.750. The highest BCUT2D eigenvalue weighted by Gasteiger charge is 2.29. The minimum Gasteiger partial charge on any atom is -0.390 e. The molecule has 1 N–H and O–H groups in total. The third-order valence-corrected chi connectivity index (χ3v) is 4.00. The molecule has 2 nitrogen and oxygen atoms in total. The molecule has 1 atom stereocenters. The van der Waals surface area contributed by atoms with E-state index in [2.05, 4.69) is 10.4 Å². The number of hydrogen-bond donors (Lipinski definition) is 1. The fourth-order valence-electron chi connectivity index (χ4n) is 2.27. The number of nitrogens with zero attached hydrogens (tertiary/aromatic N) is 1. The molecule has 0 saturated heterocycles. The van der Waals surface area contributed by atoms with Crippen molar-refractivity contribution in [2.45, 2.75) is 51.6 Å². The molecule has 0 amide bonds.